The van der Waals surface area contributed by atoms with Crippen LogP contribution < -0.4 is 10.5 Å². The van der Waals surface area contributed by atoms with E-state index in [0.717, 1.165) is 10.4 Å². The Labute approximate surface area is 110 Å². The highest BCUT2D eigenvalue weighted by Crippen LogP contribution is 2.27. The van der Waals surface area contributed by atoms with Crippen molar-refractivity contribution < 1.29 is 9.13 Å². The lowest BCUT2D eigenvalue weighted by Crippen LogP contribution is -2.10. The minimum absolute atomic E-state index is 0. The Bertz CT molecular complexity index is 475. The molecule has 2 N–H and O–H groups in total. The molecule has 0 aliphatic rings. The third-order valence-electron chi connectivity index (χ3n) is 2.38. The number of halogens is 2. The maximum Gasteiger partial charge on any atom is 0.165 e. The smallest absolute Gasteiger partial charge is 0.165 e. The van der Waals surface area contributed by atoms with Gasteiger partial charge < -0.3 is 10.5 Å². The molecule has 0 bridgehead atoms. The topological polar surface area (TPSA) is 35.2 Å². The van der Waals surface area contributed by atoms with Crippen LogP contribution in [0.3, 0.4) is 0 Å². The number of methoxy groups -OCH3 is 1. The van der Waals surface area contributed by atoms with E-state index in [2.05, 4.69) is 0 Å². The van der Waals surface area contributed by atoms with Crippen molar-refractivity contribution in [2.45, 2.75) is 6.04 Å². The van der Waals surface area contributed by atoms with Crippen molar-refractivity contribution in [2.24, 2.45) is 5.73 Å². The second-order valence-corrected chi connectivity index (χ2v) is 4.37. The van der Waals surface area contributed by atoms with Crippen LogP contribution in [-0.4, -0.2) is 7.11 Å². The van der Waals surface area contributed by atoms with E-state index in [1.54, 1.807) is 23.5 Å². The van der Waals surface area contributed by atoms with E-state index in [1.165, 1.54) is 13.2 Å². The van der Waals surface area contributed by atoms with Gasteiger partial charge in [0.15, 0.2) is 11.6 Å². The van der Waals surface area contributed by atoms with Gasteiger partial charge in [-0.2, -0.15) is 0 Å². The average Bonchev–Trinajstić information content (AvgIpc) is 2.82. The molecule has 0 unspecified atom stereocenters. The number of rotatable bonds is 3. The van der Waals surface area contributed by atoms with Gasteiger partial charge in [-0.15, -0.1) is 23.7 Å². The molecule has 0 saturated heterocycles. The van der Waals surface area contributed by atoms with Gasteiger partial charge in [-0.1, -0.05) is 12.1 Å². The molecule has 1 aromatic heterocycles. The van der Waals surface area contributed by atoms with Crippen molar-refractivity contribution in [3.05, 3.63) is 52.0 Å². The van der Waals surface area contributed by atoms with E-state index >= 15 is 0 Å². The summed E-state index contributed by atoms with van der Waals surface area (Å²) in [6.45, 7) is 0. The zero-order chi connectivity index (χ0) is 11.5. The molecule has 0 radical (unpaired) electrons. The summed E-state index contributed by atoms with van der Waals surface area (Å²) in [5.74, 6) is -0.144. The van der Waals surface area contributed by atoms with Gasteiger partial charge in [-0.3, -0.25) is 0 Å². The number of nitrogens with two attached hydrogens (primary N) is 1. The van der Waals surface area contributed by atoms with Crippen LogP contribution >= 0.6 is 23.7 Å². The highest BCUT2D eigenvalue weighted by atomic mass is 35.5. The van der Waals surface area contributed by atoms with Gasteiger partial charge >= 0.3 is 0 Å². The Balaban J connectivity index is 0.00000144. The maximum atomic E-state index is 13.2. The fraction of sp³-hybridized carbons (Fsp3) is 0.167. The average molecular weight is 274 g/mol. The second kappa shape index (κ2) is 6.00. The summed E-state index contributed by atoms with van der Waals surface area (Å²) in [5.41, 5.74) is 6.91. The SMILES string of the molecule is COc1cc([C@H](N)c2cccs2)ccc1F.Cl. The minimum atomic E-state index is -0.371. The van der Waals surface area contributed by atoms with Crippen LogP contribution in [-0.2, 0) is 0 Å². The Kier molecular flexibility index (Phi) is 4.93. The highest BCUT2D eigenvalue weighted by molar-refractivity contribution is 7.10. The molecule has 2 rings (SSSR count). The maximum absolute atomic E-state index is 13.2. The Morgan fingerprint density at radius 2 is 2.12 bits per heavy atom. The highest BCUT2D eigenvalue weighted by Gasteiger charge is 2.12. The van der Waals surface area contributed by atoms with Gasteiger partial charge in [0, 0.05) is 4.88 Å². The lowest BCUT2D eigenvalue weighted by atomic mass is 10.1. The first-order chi connectivity index (χ1) is 7.72. The molecule has 2 aromatic rings. The summed E-state index contributed by atoms with van der Waals surface area (Å²) >= 11 is 1.58. The molecule has 5 heteroatoms. The molecule has 17 heavy (non-hydrogen) atoms. The summed E-state index contributed by atoms with van der Waals surface area (Å²) in [6, 6.07) is 8.38. The number of thiophene rings is 1. The molecule has 1 atom stereocenters. The van der Waals surface area contributed by atoms with Crippen molar-refractivity contribution in [1.29, 1.82) is 0 Å². The fourth-order valence-electron chi connectivity index (χ4n) is 1.50. The van der Waals surface area contributed by atoms with E-state index in [-0.39, 0.29) is 30.0 Å². The first kappa shape index (κ1) is 14.0. The quantitative estimate of drug-likeness (QED) is 0.931. The molecule has 0 aliphatic carbocycles. The minimum Gasteiger partial charge on any atom is -0.494 e. The van der Waals surface area contributed by atoms with Crippen LogP contribution in [0.25, 0.3) is 0 Å². The van der Waals surface area contributed by atoms with Gasteiger partial charge in [0.1, 0.15) is 0 Å². The van der Waals surface area contributed by atoms with Crippen LogP contribution in [0, 0.1) is 5.82 Å². The molecule has 0 aliphatic heterocycles. The van der Waals surface area contributed by atoms with Crippen LogP contribution in [0.5, 0.6) is 5.75 Å². The monoisotopic (exact) mass is 273 g/mol. The molecular weight excluding hydrogens is 261 g/mol. The lowest BCUT2D eigenvalue weighted by Gasteiger charge is -2.11. The predicted molar refractivity (Wildman–Crippen MR) is 70.5 cm³/mol. The van der Waals surface area contributed by atoms with Crippen LogP contribution in [0.4, 0.5) is 4.39 Å². The molecule has 1 aromatic carbocycles. The molecule has 1 heterocycles. The normalized spacial score (nSPS) is 11.7. The molecule has 92 valence electrons. The Morgan fingerprint density at radius 1 is 1.35 bits per heavy atom. The van der Waals surface area contributed by atoms with Crippen LogP contribution in [0.15, 0.2) is 35.7 Å². The first-order valence-electron chi connectivity index (χ1n) is 4.85. The third kappa shape index (κ3) is 2.97. The molecule has 2 nitrogen and oxygen atoms in total. The van der Waals surface area contributed by atoms with Gasteiger partial charge in [0.2, 0.25) is 0 Å². The fourth-order valence-corrected chi connectivity index (χ4v) is 2.26. The van der Waals surface area contributed by atoms with Crippen molar-refractivity contribution in [1.82, 2.24) is 0 Å². The van der Waals surface area contributed by atoms with E-state index < -0.39 is 0 Å². The number of benzene rings is 1. The molecular formula is C12H13ClFNOS. The lowest BCUT2D eigenvalue weighted by molar-refractivity contribution is 0.385. The molecule has 0 saturated carbocycles. The summed E-state index contributed by atoms with van der Waals surface area (Å²) in [4.78, 5) is 1.05. The number of hydrogen-bond donors (Lipinski definition) is 1. The van der Waals surface area contributed by atoms with E-state index in [9.17, 15) is 4.39 Å². The van der Waals surface area contributed by atoms with E-state index in [4.69, 9.17) is 10.5 Å². The number of ether oxygens (including phenoxy) is 1. The van der Waals surface area contributed by atoms with Crippen molar-refractivity contribution in [2.75, 3.05) is 7.11 Å². The van der Waals surface area contributed by atoms with Gasteiger partial charge in [-0.25, -0.2) is 4.39 Å². The van der Waals surface area contributed by atoms with Crippen molar-refractivity contribution in [3.63, 3.8) is 0 Å². The van der Waals surface area contributed by atoms with Gasteiger partial charge in [-0.05, 0) is 29.1 Å². The molecule has 0 fully saturated rings. The summed E-state index contributed by atoms with van der Waals surface area (Å²) < 4.78 is 18.1. The zero-order valence-corrected chi connectivity index (χ0v) is 10.9. The zero-order valence-electron chi connectivity index (χ0n) is 9.22. The van der Waals surface area contributed by atoms with E-state index in [1.807, 2.05) is 17.5 Å². The standard InChI is InChI=1S/C12H12FNOS.ClH/c1-15-10-7-8(4-5-9(10)13)12(14)11-3-2-6-16-11;/h2-7,12H,14H2,1H3;1H/t12-;/m0./s1. The predicted octanol–water partition coefficient (Wildman–Crippen LogP) is 3.37. The van der Waals surface area contributed by atoms with E-state index in [0.29, 0.717) is 0 Å². The van der Waals surface area contributed by atoms with Crippen LogP contribution in [0.2, 0.25) is 0 Å². The summed E-state index contributed by atoms with van der Waals surface area (Å²) in [6.07, 6.45) is 0. The molecule has 0 spiro atoms. The summed E-state index contributed by atoms with van der Waals surface area (Å²) in [7, 11) is 1.44. The van der Waals surface area contributed by atoms with Crippen molar-refractivity contribution >= 4 is 23.7 Å². The van der Waals surface area contributed by atoms with Crippen molar-refractivity contribution in [3.8, 4) is 5.75 Å². The Morgan fingerprint density at radius 3 is 2.71 bits per heavy atom. The molecule has 0 amide bonds. The summed E-state index contributed by atoms with van der Waals surface area (Å²) in [5, 5.41) is 1.97. The second-order valence-electron chi connectivity index (χ2n) is 3.39. The first-order valence-corrected chi connectivity index (χ1v) is 5.72. The van der Waals surface area contributed by atoms with Gasteiger partial charge in [0.05, 0.1) is 13.2 Å². The third-order valence-corrected chi connectivity index (χ3v) is 3.34. The van der Waals surface area contributed by atoms with Crippen LogP contribution in [0.1, 0.15) is 16.5 Å². The number of hydrogen-bond acceptors (Lipinski definition) is 3. The largest absolute Gasteiger partial charge is 0.494 e. The van der Waals surface area contributed by atoms with Gasteiger partial charge in [0.25, 0.3) is 0 Å². The Hall–Kier alpha value is -1.10.